The van der Waals surface area contributed by atoms with E-state index in [9.17, 15) is 24.9 Å². The normalized spacial score (nSPS) is 56.2. The predicted molar refractivity (Wildman–Crippen MR) is 194 cm³/mol. The molecule has 0 aromatic heterocycles. The zero-order valence-electron chi connectivity index (χ0n) is 32.3. The van der Waals surface area contributed by atoms with Gasteiger partial charge in [-0.3, -0.25) is 9.59 Å². The van der Waals surface area contributed by atoms with Crippen molar-refractivity contribution in [3.63, 3.8) is 0 Å². The maximum atomic E-state index is 13.8. The van der Waals surface area contributed by atoms with Gasteiger partial charge in [-0.05, 0) is 179 Å². The fraction of sp³-hybridized carbons (Fsp3) is 0.955. The third-order valence-electron chi connectivity index (χ3n) is 19.7. The summed E-state index contributed by atoms with van der Waals surface area (Å²) in [4.78, 5) is 26.1. The average Bonchev–Trinajstić information content (AvgIpc) is 3.55. The van der Waals surface area contributed by atoms with Gasteiger partial charge >= 0.3 is 5.97 Å². The summed E-state index contributed by atoms with van der Waals surface area (Å²) in [5.74, 6) is 4.73. The van der Waals surface area contributed by atoms with E-state index >= 15 is 0 Å². The van der Waals surface area contributed by atoms with Crippen molar-refractivity contribution < 1.29 is 29.6 Å². The highest BCUT2D eigenvalue weighted by molar-refractivity contribution is 5.79. The molecule has 282 valence electrons. The summed E-state index contributed by atoms with van der Waals surface area (Å²) in [6.45, 7) is 14.2. The summed E-state index contributed by atoms with van der Waals surface area (Å²) in [6, 6.07) is 0. The molecule has 0 amide bonds. The van der Waals surface area contributed by atoms with Crippen molar-refractivity contribution >= 4 is 11.8 Å². The van der Waals surface area contributed by atoms with Gasteiger partial charge in [0, 0.05) is 24.7 Å². The van der Waals surface area contributed by atoms with Crippen molar-refractivity contribution in [2.45, 2.75) is 181 Å². The Labute approximate surface area is 302 Å². The van der Waals surface area contributed by atoms with E-state index in [1.807, 2.05) is 0 Å². The molecule has 0 aliphatic heterocycles. The lowest BCUT2D eigenvalue weighted by Crippen LogP contribution is -2.62. The van der Waals surface area contributed by atoms with Crippen LogP contribution in [0.1, 0.15) is 157 Å². The number of hydrogen-bond donors (Lipinski definition) is 3. The fourth-order valence-electron chi connectivity index (χ4n) is 16.4. The van der Waals surface area contributed by atoms with Crippen LogP contribution >= 0.6 is 0 Å². The highest BCUT2D eigenvalue weighted by atomic mass is 16.6. The van der Waals surface area contributed by atoms with Gasteiger partial charge in [0.2, 0.25) is 0 Å². The number of rotatable bonds is 5. The summed E-state index contributed by atoms with van der Waals surface area (Å²) in [7, 11) is 0. The molecule has 0 saturated heterocycles. The zero-order chi connectivity index (χ0) is 35.6. The van der Waals surface area contributed by atoms with Crippen LogP contribution in [0.25, 0.3) is 0 Å². The summed E-state index contributed by atoms with van der Waals surface area (Å²) in [6.07, 6.45) is 15.9. The number of carbonyl (C=O) groups is 2. The smallest absolute Gasteiger partial charge is 0.306 e. The molecule has 0 bridgehead atoms. The molecule has 8 rings (SSSR count). The molecule has 6 nitrogen and oxygen atoms in total. The SMILES string of the molecule is CC(CCC(=O)O[C@]1(C)CC[C@@H]2[C@H]3CC[C@@H]4CC(=O)CC[C@@]4(C)[C@@H]3CC[C@]21C)C1CC[C@H]2[C@@H]3[C@H](O)C[C@@H]4C[C@H](O)CC[C@]4(C)[C@H]3C[C@H](O)[C@]12C. The standard InChI is InChI=1S/C44H70O6/c1-25(31-10-11-34-39-35(24-37(48)44(31,34)6)41(3)18-14-29(46)22-27(41)23-36(39)47)7-12-38(49)50-43(5)20-16-33-30-9-8-26-21-28(45)13-17-40(26,2)32(30)15-19-42(33,43)4/h25-27,29-37,39,46-48H,7-24H2,1-6H3/t25?,26-,27+,29-,30+,31?,32-,33-,34+,35+,36-,37+,39+,40-,41+,42-,43-,44-/m1/s1. The van der Waals surface area contributed by atoms with E-state index in [1.54, 1.807) is 0 Å². The lowest BCUT2D eigenvalue weighted by Gasteiger charge is -2.63. The van der Waals surface area contributed by atoms with Crippen LogP contribution in [0.15, 0.2) is 0 Å². The molecular formula is C44H70O6. The van der Waals surface area contributed by atoms with Gasteiger partial charge in [-0.15, -0.1) is 0 Å². The first-order valence-electron chi connectivity index (χ1n) is 21.3. The van der Waals surface area contributed by atoms with Gasteiger partial charge in [-0.2, -0.15) is 0 Å². The Morgan fingerprint density at radius 3 is 2.30 bits per heavy atom. The largest absolute Gasteiger partial charge is 0.459 e. The number of ether oxygens (including phenoxy) is 1. The number of ketones is 1. The number of aliphatic hydroxyl groups is 3. The molecule has 0 aromatic carbocycles. The van der Waals surface area contributed by atoms with Crippen LogP contribution in [-0.4, -0.2) is 51.0 Å². The molecule has 0 aromatic rings. The lowest BCUT2D eigenvalue weighted by atomic mass is 9.43. The van der Waals surface area contributed by atoms with Crippen molar-refractivity contribution in [3.05, 3.63) is 0 Å². The molecule has 6 heteroatoms. The lowest BCUT2D eigenvalue weighted by molar-refractivity contribution is -0.207. The summed E-state index contributed by atoms with van der Waals surface area (Å²) < 4.78 is 6.63. The Kier molecular flexibility index (Phi) is 8.84. The molecule has 8 fully saturated rings. The van der Waals surface area contributed by atoms with Crippen LogP contribution in [0.4, 0.5) is 0 Å². The van der Waals surface area contributed by atoms with Crippen LogP contribution in [0.2, 0.25) is 0 Å². The van der Waals surface area contributed by atoms with Crippen molar-refractivity contribution in [1.29, 1.82) is 0 Å². The zero-order valence-corrected chi connectivity index (χ0v) is 32.3. The Morgan fingerprint density at radius 1 is 0.780 bits per heavy atom. The quantitative estimate of drug-likeness (QED) is 0.250. The number of fused-ring (bicyclic) bond motifs is 10. The van der Waals surface area contributed by atoms with Crippen molar-refractivity contribution in [2.75, 3.05) is 0 Å². The number of aliphatic hydroxyl groups excluding tert-OH is 3. The molecule has 50 heavy (non-hydrogen) atoms. The van der Waals surface area contributed by atoms with Crippen molar-refractivity contribution in [3.8, 4) is 0 Å². The average molecular weight is 695 g/mol. The van der Waals surface area contributed by atoms with Gasteiger partial charge in [-0.1, -0.05) is 34.6 Å². The third-order valence-corrected chi connectivity index (χ3v) is 19.7. The number of esters is 1. The van der Waals surface area contributed by atoms with E-state index < -0.39 is 11.7 Å². The first kappa shape index (κ1) is 36.0. The van der Waals surface area contributed by atoms with E-state index in [1.165, 1.54) is 19.3 Å². The summed E-state index contributed by atoms with van der Waals surface area (Å²) in [5.41, 5.74) is -0.298. The second-order valence-electron chi connectivity index (χ2n) is 21.1. The Bertz CT molecular complexity index is 1350. The Morgan fingerprint density at radius 2 is 1.52 bits per heavy atom. The number of Topliss-reactive ketones (excluding diaryl/α,β-unsaturated/α-hetero) is 1. The van der Waals surface area contributed by atoms with Gasteiger partial charge in [0.1, 0.15) is 11.4 Å². The van der Waals surface area contributed by atoms with Crippen LogP contribution in [-0.2, 0) is 14.3 Å². The van der Waals surface area contributed by atoms with E-state index in [4.69, 9.17) is 4.74 Å². The van der Waals surface area contributed by atoms with E-state index in [2.05, 4.69) is 41.5 Å². The number of hydrogen-bond acceptors (Lipinski definition) is 6. The minimum atomic E-state index is -0.428. The molecule has 8 aliphatic rings. The van der Waals surface area contributed by atoms with E-state index in [-0.39, 0.29) is 40.3 Å². The maximum Gasteiger partial charge on any atom is 0.306 e. The van der Waals surface area contributed by atoms with Gasteiger partial charge in [0.15, 0.2) is 0 Å². The molecule has 8 saturated carbocycles. The molecule has 0 heterocycles. The van der Waals surface area contributed by atoms with Crippen LogP contribution < -0.4 is 0 Å². The Balaban J connectivity index is 0.909. The van der Waals surface area contributed by atoms with Gasteiger partial charge < -0.3 is 20.1 Å². The van der Waals surface area contributed by atoms with Crippen LogP contribution in [0.5, 0.6) is 0 Å². The molecule has 8 aliphatic carbocycles. The third kappa shape index (κ3) is 5.08. The predicted octanol–water partition coefficient (Wildman–Crippen LogP) is 8.28. The van der Waals surface area contributed by atoms with Crippen molar-refractivity contribution in [1.82, 2.24) is 0 Å². The first-order valence-corrected chi connectivity index (χ1v) is 21.3. The first-order chi connectivity index (χ1) is 23.5. The van der Waals surface area contributed by atoms with Crippen LogP contribution in [0.3, 0.4) is 0 Å². The summed E-state index contributed by atoms with van der Waals surface area (Å²) >= 11 is 0. The second kappa shape index (κ2) is 12.3. The topological polar surface area (TPSA) is 104 Å². The van der Waals surface area contributed by atoms with Crippen LogP contribution in [0, 0.1) is 80.8 Å². The molecule has 18 atom stereocenters. The fourth-order valence-corrected chi connectivity index (χ4v) is 16.4. The van der Waals surface area contributed by atoms with Gasteiger partial charge in [0.05, 0.1) is 18.3 Å². The Hall–Kier alpha value is -0.980. The molecular weight excluding hydrogens is 624 g/mol. The van der Waals surface area contributed by atoms with E-state index in [0.717, 1.165) is 89.9 Å². The highest BCUT2D eigenvalue weighted by Gasteiger charge is 2.67. The minimum Gasteiger partial charge on any atom is -0.459 e. The van der Waals surface area contributed by atoms with Gasteiger partial charge in [-0.25, -0.2) is 0 Å². The van der Waals surface area contributed by atoms with Crippen molar-refractivity contribution in [2.24, 2.45) is 80.8 Å². The summed E-state index contributed by atoms with van der Waals surface area (Å²) in [5, 5.41) is 34.1. The maximum absolute atomic E-state index is 13.8. The molecule has 0 spiro atoms. The highest BCUT2D eigenvalue weighted by Crippen LogP contribution is 2.70. The molecule has 2 unspecified atom stereocenters. The minimum absolute atomic E-state index is 0.00489. The molecule has 3 N–H and O–H groups in total. The monoisotopic (exact) mass is 695 g/mol. The van der Waals surface area contributed by atoms with Gasteiger partial charge in [0.25, 0.3) is 0 Å². The van der Waals surface area contributed by atoms with E-state index in [0.29, 0.717) is 70.9 Å². The second-order valence-corrected chi connectivity index (χ2v) is 21.1. The molecule has 0 radical (unpaired) electrons. The number of carbonyl (C=O) groups excluding carboxylic acids is 2.